The summed E-state index contributed by atoms with van der Waals surface area (Å²) in [6, 6.07) is 9.01. The number of benzene rings is 1. The number of nitrogens with one attached hydrogen (secondary N) is 1. The highest BCUT2D eigenvalue weighted by Crippen LogP contribution is 2.13. The summed E-state index contributed by atoms with van der Waals surface area (Å²) in [7, 11) is 0. The third kappa shape index (κ3) is 3.87. The van der Waals surface area contributed by atoms with Gasteiger partial charge in [0.05, 0.1) is 29.6 Å². The Morgan fingerprint density at radius 1 is 1.48 bits per heavy atom. The molecular formula is C14H16N6O. The van der Waals surface area contributed by atoms with Gasteiger partial charge in [-0.25, -0.2) is 4.68 Å². The lowest BCUT2D eigenvalue weighted by atomic mass is 10.1. The van der Waals surface area contributed by atoms with Crippen LogP contribution in [0.5, 0.6) is 0 Å². The first kappa shape index (κ1) is 14.7. The number of nitrogens with two attached hydrogens (primary N) is 1. The summed E-state index contributed by atoms with van der Waals surface area (Å²) >= 11 is 0. The van der Waals surface area contributed by atoms with Gasteiger partial charge in [-0.15, -0.1) is 5.10 Å². The minimum Gasteiger partial charge on any atom is -0.348 e. The molecule has 2 aromatic rings. The Labute approximate surface area is 122 Å². The van der Waals surface area contributed by atoms with Gasteiger partial charge >= 0.3 is 0 Å². The van der Waals surface area contributed by atoms with Crippen LogP contribution in [-0.2, 0) is 17.9 Å². The molecule has 3 N–H and O–H groups in total. The lowest BCUT2D eigenvalue weighted by Crippen LogP contribution is -2.30. The molecule has 0 aliphatic rings. The standard InChI is InChI=1S/C14H16N6O/c1-10(12-4-2-11(6-15)3-5-12)17-14(21)9-20-8-13(7-16)18-19-20/h2-5,8,10H,7,9,16H2,1H3,(H,17,21). The molecular weight excluding hydrogens is 268 g/mol. The molecule has 0 aliphatic carbocycles. The predicted molar refractivity (Wildman–Crippen MR) is 75.6 cm³/mol. The number of hydrogen-bond acceptors (Lipinski definition) is 5. The van der Waals surface area contributed by atoms with E-state index in [1.54, 1.807) is 18.3 Å². The van der Waals surface area contributed by atoms with Gasteiger partial charge in [0.15, 0.2) is 0 Å². The van der Waals surface area contributed by atoms with Crippen molar-refractivity contribution in [2.45, 2.75) is 26.1 Å². The largest absolute Gasteiger partial charge is 0.348 e. The van der Waals surface area contributed by atoms with Crippen molar-refractivity contribution in [2.75, 3.05) is 0 Å². The first-order chi connectivity index (χ1) is 10.1. The molecule has 2 rings (SSSR count). The second kappa shape index (κ2) is 6.63. The highest BCUT2D eigenvalue weighted by Gasteiger charge is 2.11. The smallest absolute Gasteiger partial charge is 0.242 e. The Hall–Kier alpha value is -2.72. The zero-order chi connectivity index (χ0) is 15.2. The first-order valence-corrected chi connectivity index (χ1v) is 6.51. The van der Waals surface area contributed by atoms with E-state index >= 15 is 0 Å². The van der Waals surface area contributed by atoms with Crippen molar-refractivity contribution in [3.8, 4) is 6.07 Å². The van der Waals surface area contributed by atoms with Crippen molar-refractivity contribution in [3.63, 3.8) is 0 Å². The topological polar surface area (TPSA) is 110 Å². The maximum absolute atomic E-state index is 11.9. The average molecular weight is 284 g/mol. The Bertz CT molecular complexity index is 655. The molecule has 1 amide bonds. The van der Waals surface area contributed by atoms with Crippen LogP contribution in [0.2, 0.25) is 0 Å². The van der Waals surface area contributed by atoms with Gasteiger partial charge in [-0.3, -0.25) is 4.79 Å². The van der Waals surface area contributed by atoms with Gasteiger partial charge in [0.1, 0.15) is 6.54 Å². The van der Waals surface area contributed by atoms with Gasteiger partial charge in [0.2, 0.25) is 5.91 Å². The maximum Gasteiger partial charge on any atom is 0.242 e. The summed E-state index contributed by atoms with van der Waals surface area (Å²) in [4.78, 5) is 11.9. The lowest BCUT2D eigenvalue weighted by molar-refractivity contribution is -0.122. The van der Waals surface area contributed by atoms with Crippen LogP contribution >= 0.6 is 0 Å². The second-order valence-corrected chi connectivity index (χ2v) is 4.63. The number of nitrogens with zero attached hydrogens (tertiary/aromatic N) is 4. The fourth-order valence-electron chi connectivity index (χ4n) is 1.87. The molecule has 21 heavy (non-hydrogen) atoms. The molecule has 1 heterocycles. The van der Waals surface area contributed by atoms with E-state index in [0.29, 0.717) is 17.8 Å². The maximum atomic E-state index is 11.9. The van der Waals surface area contributed by atoms with E-state index < -0.39 is 0 Å². The Morgan fingerprint density at radius 3 is 2.76 bits per heavy atom. The van der Waals surface area contributed by atoms with Crippen molar-refractivity contribution in [1.29, 1.82) is 5.26 Å². The molecule has 0 bridgehead atoms. The van der Waals surface area contributed by atoms with Crippen LogP contribution in [0.3, 0.4) is 0 Å². The summed E-state index contributed by atoms with van der Waals surface area (Å²) in [5, 5.41) is 19.3. The number of nitriles is 1. The molecule has 1 unspecified atom stereocenters. The monoisotopic (exact) mass is 284 g/mol. The van der Waals surface area contributed by atoms with Crippen LogP contribution in [0, 0.1) is 11.3 Å². The van der Waals surface area contributed by atoms with Crippen LogP contribution < -0.4 is 11.1 Å². The first-order valence-electron chi connectivity index (χ1n) is 6.51. The van der Waals surface area contributed by atoms with Crippen molar-refractivity contribution in [1.82, 2.24) is 20.3 Å². The molecule has 1 aromatic carbocycles. The quantitative estimate of drug-likeness (QED) is 0.830. The number of carbonyl (C=O) groups excluding carboxylic acids is 1. The zero-order valence-electron chi connectivity index (χ0n) is 11.7. The van der Waals surface area contributed by atoms with Gasteiger partial charge in [0.25, 0.3) is 0 Å². The van der Waals surface area contributed by atoms with E-state index in [4.69, 9.17) is 11.0 Å². The summed E-state index contributed by atoms with van der Waals surface area (Å²) in [5.74, 6) is -0.166. The van der Waals surface area contributed by atoms with E-state index in [9.17, 15) is 4.79 Å². The summed E-state index contributed by atoms with van der Waals surface area (Å²) in [6.45, 7) is 2.27. The highest BCUT2D eigenvalue weighted by molar-refractivity contribution is 5.76. The number of amides is 1. The van der Waals surface area contributed by atoms with Crippen LogP contribution in [0.1, 0.15) is 29.8 Å². The number of aromatic nitrogens is 3. The molecule has 0 aliphatic heterocycles. The molecule has 0 saturated heterocycles. The van der Waals surface area contributed by atoms with Gasteiger partial charge in [-0.1, -0.05) is 17.3 Å². The van der Waals surface area contributed by atoms with Crippen molar-refractivity contribution < 1.29 is 4.79 Å². The molecule has 108 valence electrons. The minimum absolute atomic E-state index is 0.0909. The van der Waals surface area contributed by atoms with Crippen LogP contribution in [-0.4, -0.2) is 20.9 Å². The van der Waals surface area contributed by atoms with E-state index in [1.807, 2.05) is 19.1 Å². The fraction of sp³-hybridized carbons (Fsp3) is 0.286. The zero-order valence-corrected chi connectivity index (χ0v) is 11.7. The molecule has 0 radical (unpaired) electrons. The van der Waals surface area contributed by atoms with E-state index in [2.05, 4.69) is 21.7 Å². The summed E-state index contributed by atoms with van der Waals surface area (Å²) in [5.41, 5.74) is 7.60. The Kier molecular flexibility index (Phi) is 4.64. The normalized spacial score (nSPS) is 11.7. The van der Waals surface area contributed by atoms with Crippen molar-refractivity contribution in [3.05, 3.63) is 47.3 Å². The number of carbonyl (C=O) groups is 1. The third-order valence-electron chi connectivity index (χ3n) is 3.02. The Morgan fingerprint density at radius 2 is 2.19 bits per heavy atom. The summed E-state index contributed by atoms with van der Waals surface area (Å²) in [6.07, 6.45) is 1.64. The molecule has 7 nitrogen and oxygen atoms in total. The van der Waals surface area contributed by atoms with Crippen LogP contribution in [0.25, 0.3) is 0 Å². The molecule has 0 spiro atoms. The highest BCUT2D eigenvalue weighted by atomic mass is 16.2. The van der Waals surface area contributed by atoms with Gasteiger partial charge in [-0.05, 0) is 24.6 Å². The Balaban J connectivity index is 1.93. The second-order valence-electron chi connectivity index (χ2n) is 4.63. The van der Waals surface area contributed by atoms with Crippen LogP contribution in [0.4, 0.5) is 0 Å². The van der Waals surface area contributed by atoms with E-state index in [-0.39, 0.29) is 18.5 Å². The SMILES string of the molecule is CC(NC(=O)Cn1cc(CN)nn1)c1ccc(C#N)cc1. The van der Waals surface area contributed by atoms with Crippen LogP contribution in [0.15, 0.2) is 30.5 Å². The predicted octanol–water partition coefficient (Wildman–Crippen LogP) is 0.486. The third-order valence-corrected chi connectivity index (χ3v) is 3.02. The van der Waals surface area contributed by atoms with E-state index in [0.717, 1.165) is 5.56 Å². The lowest BCUT2D eigenvalue weighted by Gasteiger charge is -2.14. The molecule has 1 atom stereocenters. The molecule has 0 saturated carbocycles. The molecule has 7 heteroatoms. The average Bonchev–Trinajstić information content (AvgIpc) is 2.94. The van der Waals surface area contributed by atoms with Gasteiger partial charge in [0, 0.05) is 6.54 Å². The van der Waals surface area contributed by atoms with Crippen molar-refractivity contribution in [2.24, 2.45) is 5.73 Å². The van der Waals surface area contributed by atoms with E-state index in [1.165, 1.54) is 4.68 Å². The number of hydrogen-bond donors (Lipinski definition) is 2. The minimum atomic E-state index is -0.166. The van der Waals surface area contributed by atoms with Gasteiger partial charge < -0.3 is 11.1 Å². The fourth-order valence-corrected chi connectivity index (χ4v) is 1.87. The summed E-state index contributed by atoms with van der Waals surface area (Å²) < 4.78 is 1.45. The van der Waals surface area contributed by atoms with Gasteiger partial charge in [-0.2, -0.15) is 5.26 Å². The molecule has 0 fully saturated rings. The molecule has 1 aromatic heterocycles. The van der Waals surface area contributed by atoms with Crippen molar-refractivity contribution >= 4 is 5.91 Å². The number of rotatable bonds is 5.